The molecular weight excluding hydrogens is 292 g/mol. The molecule has 0 aliphatic heterocycles. The zero-order valence-corrected chi connectivity index (χ0v) is 15.8. The van der Waals surface area contributed by atoms with Crippen LogP contribution in [0.15, 0.2) is 0 Å². The van der Waals surface area contributed by atoms with Gasteiger partial charge in [0.1, 0.15) is 5.60 Å². The lowest BCUT2D eigenvalue weighted by atomic mass is 10.1. The van der Waals surface area contributed by atoms with Crippen LogP contribution in [0, 0.1) is 13.8 Å². The van der Waals surface area contributed by atoms with E-state index in [4.69, 9.17) is 4.74 Å². The summed E-state index contributed by atoms with van der Waals surface area (Å²) < 4.78 is 7.26. The van der Waals surface area contributed by atoms with Crippen LogP contribution in [0.5, 0.6) is 0 Å². The molecule has 1 heterocycles. The molecule has 2 N–H and O–H groups in total. The highest BCUT2D eigenvalue weighted by Crippen LogP contribution is 2.21. The number of ether oxygens (including phenoxy) is 1. The van der Waals surface area contributed by atoms with Crippen LogP contribution in [0.2, 0.25) is 0 Å². The smallest absolute Gasteiger partial charge is 0.407 e. The maximum atomic E-state index is 11.7. The van der Waals surface area contributed by atoms with Gasteiger partial charge in [-0.05, 0) is 55.4 Å². The number of hydrogen-bond donors (Lipinski definition) is 2. The van der Waals surface area contributed by atoms with Gasteiger partial charge >= 0.3 is 6.09 Å². The van der Waals surface area contributed by atoms with E-state index in [1.807, 2.05) is 39.3 Å². The number of hydrogen-bond acceptors (Lipinski definition) is 4. The monoisotopic (exact) mass is 324 g/mol. The van der Waals surface area contributed by atoms with Crippen molar-refractivity contribution < 1.29 is 9.53 Å². The molecule has 1 aromatic rings. The topological polar surface area (TPSA) is 68.2 Å². The van der Waals surface area contributed by atoms with E-state index in [0.717, 1.165) is 12.2 Å². The maximum Gasteiger partial charge on any atom is 0.407 e. The Balaban J connectivity index is 2.56. The van der Waals surface area contributed by atoms with Crippen LogP contribution in [0.1, 0.15) is 64.5 Å². The molecule has 2 unspecified atom stereocenters. The fourth-order valence-electron chi connectivity index (χ4n) is 2.76. The Labute approximate surface area is 140 Å². The van der Waals surface area contributed by atoms with Crippen LogP contribution < -0.4 is 10.6 Å². The molecule has 1 amide bonds. The van der Waals surface area contributed by atoms with E-state index in [2.05, 4.69) is 36.5 Å². The maximum absolute atomic E-state index is 11.7. The molecule has 1 rings (SSSR count). The molecular formula is C17H32N4O2. The summed E-state index contributed by atoms with van der Waals surface area (Å²) in [6.45, 7) is 17.3. The third-order valence-corrected chi connectivity index (χ3v) is 3.66. The average Bonchev–Trinajstić information content (AvgIpc) is 2.69. The SMILES string of the molecule is CCn1nc(C)c(C(C)NC(C)CNC(=O)OC(C)(C)C)c1C. The van der Waals surface area contributed by atoms with Gasteiger partial charge in [0.05, 0.1) is 5.69 Å². The van der Waals surface area contributed by atoms with Gasteiger partial charge in [-0.1, -0.05) is 0 Å². The molecule has 0 aliphatic carbocycles. The van der Waals surface area contributed by atoms with Gasteiger partial charge in [0.15, 0.2) is 0 Å². The van der Waals surface area contributed by atoms with Gasteiger partial charge in [0.25, 0.3) is 0 Å². The van der Waals surface area contributed by atoms with E-state index in [-0.39, 0.29) is 18.2 Å². The summed E-state index contributed by atoms with van der Waals surface area (Å²) in [4.78, 5) is 11.7. The summed E-state index contributed by atoms with van der Waals surface area (Å²) in [7, 11) is 0. The fraction of sp³-hybridized carbons (Fsp3) is 0.765. The van der Waals surface area contributed by atoms with Gasteiger partial charge in [-0.2, -0.15) is 5.10 Å². The molecule has 0 bridgehead atoms. The molecule has 0 fully saturated rings. The lowest BCUT2D eigenvalue weighted by molar-refractivity contribution is 0.0522. The molecule has 0 saturated heterocycles. The van der Waals surface area contributed by atoms with Crippen molar-refractivity contribution in [2.75, 3.05) is 6.54 Å². The molecule has 2 atom stereocenters. The standard InChI is InChI=1S/C17H32N4O2/c1-9-21-14(5)15(13(4)20-21)12(3)19-11(2)10-18-16(22)23-17(6,7)8/h11-12,19H,9-10H2,1-8H3,(H,18,22). The predicted molar refractivity (Wildman–Crippen MR) is 92.6 cm³/mol. The summed E-state index contributed by atoms with van der Waals surface area (Å²) >= 11 is 0. The van der Waals surface area contributed by atoms with Crippen LogP contribution in [-0.2, 0) is 11.3 Å². The summed E-state index contributed by atoms with van der Waals surface area (Å²) in [5, 5.41) is 10.9. The Hall–Kier alpha value is -1.56. The van der Waals surface area contributed by atoms with Gasteiger partial charge in [0, 0.05) is 36.4 Å². The number of aryl methyl sites for hydroxylation is 2. The first-order valence-electron chi connectivity index (χ1n) is 8.32. The highest BCUT2D eigenvalue weighted by atomic mass is 16.6. The zero-order valence-electron chi connectivity index (χ0n) is 15.8. The van der Waals surface area contributed by atoms with Crippen molar-refractivity contribution in [1.82, 2.24) is 20.4 Å². The van der Waals surface area contributed by atoms with Crippen LogP contribution in [0.3, 0.4) is 0 Å². The Bertz CT molecular complexity index is 531. The molecule has 132 valence electrons. The van der Waals surface area contributed by atoms with Crippen LogP contribution in [0.25, 0.3) is 0 Å². The van der Waals surface area contributed by atoms with Crippen molar-refractivity contribution in [3.05, 3.63) is 17.0 Å². The molecule has 6 nitrogen and oxygen atoms in total. The number of rotatable bonds is 6. The van der Waals surface area contributed by atoms with Crippen LogP contribution in [0.4, 0.5) is 4.79 Å². The normalized spacial score (nSPS) is 14.4. The number of alkyl carbamates (subject to hydrolysis) is 1. The lowest BCUT2D eigenvalue weighted by Gasteiger charge is -2.23. The summed E-state index contributed by atoms with van der Waals surface area (Å²) in [6, 6.07) is 0.298. The second kappa shape index (κ2) is 7.81. The number of nitrogens with zero attached hydrogens (tertiary/aromatic N) is 2. The minimum atomic E-state index is -0.475. The van der Waals surface area contributed by atoms with E-state index < -0.39 is 5.60 Å². The highest BCUT2D eigenvalue weighted by Gasteiger charge is 2.20. The van der Waals surface area contributed by atoms with Crippen molar-refractivity contribution in [2.45, 2.75) is 79.6 Å². The first-order valence-corrected chi connectivity index (χ1v) is 8.32. The fourth-order valence-corrected chi connectivity index (χ4v) is 2.76. The Kier molecular flexibility index (Phi) is 6.62. The minimum Gasteiger partial charge on any atom is -0.444 e. The van der Waals surface area contributed by atoms with Crippen molar-refractivity contribution in [3.63, 3.8) is 0 Å². The first-order chi connectivity index (χ1) is 10.5. The van der Waals surface area contributed by atoms with Gasteiger partial charge in [-0.3, -0.25) is 4.68 Å². The molecule has 0 radical (unpaired) electrons. The molecule has 23 heavy (non-hydrogen) atoms. The van der Waals surface area contributed by atoms with E-state index >= 15 is 0 Å². The Morgan fingerprint density at radius 2 is 1.91 bits per heavy atom. The number of carbonyl (C=O) groups is 1. The van der Waals surface area contributed by atoms with E-state index in [1.54, 1.807) is 0 Å². The number of nitrogens with one attached hydrogen (secondary N) is 2. The van der Waals surface area contributed by atoms with Gasteiger partial charge in [-0.25, -0.2) is 4.79 Å². The molecule has 6 heteroatoms. The van der Waals surface area contributed by atoms with Crippen molar-refractivity contribution >= 4 is 6.09 Å². The summed E-state index contributed by atoms with van der Waals surface area (Å²) in [5.41, 5.74) is 3.00. The van der Waals surface area contributed by atoms with Crippen LogP contribution in [-0.4, -0.2) is 34.1 Å². The number of amides is 1. The number of carbonyl (C=O) groups excluding carboxylic acids is 1. The zero-order chi connectivity index (χ0) is 17.8. The minimum absolute atomic E-state index is 0.126. The molecule has 0 saturated carbocycles. The van der Waals surface area contributed by atoms with Crippen molar-refractivity contribution in [2.24, 2.45) is 0 Å². The van der Waals surface area contributed by atoms with Crippen molar-refractivity contribution in [3.8, 4) is 0 Å². The summed E-state index contributed by atoms with van der Waals surface area (Å²) in [6.07, 6.45) is -0.384. The second-order valence-electron chi connectivity index (χ2n) is 7.07. The van der Waals surface area contributed by atoms with Gasteiger partial charge < -0.3 is 15.4 Å². The molecule has 0 spiro atoms. The predicted octanol–water partition coefficient (Wildman–Crippen LogP) is 3.08. The van der Waals surface area contributed by atoms with Gasteiger partial charge in [0.2, 0.25) is 0 Å². The Morgan fingerprint density at radius 3 is 2.39 bits per heavy atom. The van der Waals surface area contributed by atoms with E-state index in [1.165, 1.54) is 11.3 Å². The second-order valence-corrected chi connectivity index (χ2v) is 7.07. The third kappa shape index (κ3) is 5.86. The Morgan fingerprint density at radius 1 is 1.30 bits per heavy atom. The molecule has 0 aliphatic rings. The number of aromatic nitrogens is 2. The largest absolute Gasteiger partial charge is 0.444 e. The van der Waals surface area contributed by atoms with Crippen LogP contribution >= 0.6 is 0 Å². The lowest BCUT2D eigenvalue weighted by Crippen LogP contribution is -2.42. The van der Waals surface area contributed by atoms with Gasteiger partial charge in [-0.15, -0.1) is 0 Å². The molecule has 0 aromatic carbocycles. The third-order valence-electron chi connectivity index (χ3n) is 3.66. The average molecular weight is 324 g/mol. The van der Waals surface area contributed by atoms with E-state index in [9.17, 15) is 4.79 Å². The first kappa shape index (κ1) is 19.5. The quantitative estimate of drug-likeness (QED) is 0.844. The van der Waals surface area contributed by atoms with E-state index in [0.29, 0.717) is 6.54 Å². The van der Waals surface area contributed by atoms with Crippen molar-refractivity contribution in [1.29, 1.82) is 0 Å². The molecule has 1 aromatic heterocycles. The summed E-state index contributed by atoms with van der Waals surface area (Å²) in [5.74, 6) is 0. The highest BCUT2D eigenvalue weighted by molar-refractivity contribution is 5.67.